The van der Waals surface area contributed by atoms with Crippen molar-refractivity contribution in [3.8, 4) is 5.75 Å². The SMILES string of the molecule is CCNC(=O)N(CC(=O)N1CCc2sccc2[C@H]1COc1ccc(F)cc1)C[C@@H]1CCCO1. The van der Waals surface area contributed by atoms with Crippen LogP contribution in [0, 0.1) is 5.82 Å². The lowest BCUT2D eigenvalue weighted by atomic mass is 10.0. The van der Waals surface area contributed by atoms with Gasteiger partial charge in [-0.15, -0.1) is 11.3 Å². The predicted octanol–water partition coefficient (Wildman–Crippen LogP) is 3.60. The summed E-state index contributed by atoms with van der Waals surface area (Å²) in [6.45, 7) is 4.24. The van der Waals surface area contributed by atoms with Gasteiger partial charge in [0, 0.05) is 31.1 Å². The number of hydrogen-bond donors (Lipinski definition) is 1. The maximum absolute atomic E-state index is 13.5. The van der Waals surface area contributed by atoms with Crippen LogP contribution in [0.3, 0.4) is 0 Å². The Bertz CT molecular complexity index is 945. The lowest BCUT2D eigenvalue weighted by molar-refractivity contribution is -0.135. The third-order valence-electron chi connectivity index (χ3n) is 6.03. The highest BCUT2D eigenvalue weighted by molar-refractivity contribution is 7.10. The summed E-state index contributed by atoms with van der Waals surface area (Å²) < 4.78 is 24.9. The van der Waals surface area contributed by atoms with E-state index in [-0.39, 0.29) is 43.1 Å². The molecule has 0 saturated carbocycles. The van der Waals surface area contributed by atoms with Gasteiger partial charge in [-0.2, -0.15) is 0 Å². The van der Waals surface area contributed by atoms with Crippen LogP contribution in [0.2, 0.25) is 0 Å². The number of rotatable bonds is 8. The van der Waals surface area contributed by atoms with Crippen molar-refractivity contribution in [2.75, 3.05) is 39.4 Å². The first kappa shape index (κ1) is 23.5. The van der Waals surface area contributed by atoms with Crippen molar-refractivity contribution in [3.63, 3.8) is 0 Å². The Labute approximate surface area is 197 Å². The van der Waals surface area contributed by atoms with Crippen molar-refractivity contribution in [1.29, 1.82) is 0 Å². The number of hydrogen-bond acceptors (Lipinski definition) is 5. The number of thiophene rings is 1. The van der Waals surface area contributed by atoms with E-state index in [0.29, 0.717) is 32.0 Å². The molecule has 0 radical (unpaired) electrons. The molecule has 1 aromatic carbocycles. The molecule has 2 aliphatic rings. The standard InChI is InChI=1S/C24H30FN3O4S/c1-2-26-24(30)27(14-19-4-3-12-31-19)15-23(29)28-11-9-22-20(10-13-33-22)21(28)16-32-18-7-5-17(25)6-8-18/h5-8,10,13,19,21H,2-4,9,11-12,14-16H2,1H3,(H,26,30)/t19-,21+/m0/s1. The van der Waals surface area contributed by atoms with Crippen molar-refractivity contribution in [2.45, 2.75) is 38.3 Å². The Hall–Kier alpha value is -2.65. The number of ether oxygens (including phenoxy) is 2. The molecule has 1 aromatic heterocycles. The summed E-state index contributed by atoms with van der Waals surface area (Å²) in [6, 6.07) is 7.38. The topological polar surface area (TPSA) is 71.1 Å². The third kappa shape index (κ3) is 5.83. The molecule has 3 heterocycles. The molecule has 178 valence electrons. The smallest absolute Gasteiger partial charge is 0.317 e. The van der Waals surface area contributed by atoms with E-state index in [1.54, 1.807) is 33.3 Å². The largest absolute Gasteiger partial charge is 0.491 e. The predicted molar refractivity (Wildman–Crippen MR) is 124 cm³/mol. The third-order valence-corrected chi connectivity index (χ3v) is 7.02. The van der Waals surface area contributed by atoms with Crippen molar-refractivity contribution in [3.05, 3.63) is 52.0 Å². The van der Waals surface area contributed by atoms with Crippen molar-refractivity contribution < 1.29 is 23.5 Å². The number of halogens is 1. The van der Waals surface area contributed by atoms with E-state index in [0.717, 1.165) is 24.8 Å². The van der Waals surface area contributed by atoms with Gasteiger partial charge in [0.2, 0.25) is 5.91 Å². The maximum atomic E-state index is 13.5. The first-order valence-electron chi connectivity index (χ1n) is 11.4. The zero-order valence-electron chi connectivity index (χ0n) is 18.8. The lowest BCUT2D eigenvalue weighted by Crippen LogP contribution is -2.51. The van der Waals surface area contributed by atoms with Crippen molar-refractivity contribution in [2.24, 2.45) is 0 Å². The second kappa shape index (κ2) is 11.0. The summed E-state index contributed by atoms with van der Waals surface area (Å²) in [4.78, 5) is 30.7. The van der Waals surface area contributed by atoms with E-state index in [2.05, 4.69) is 5.32 Å². The minimum Gasteiger partial charge on any atom is -0.491 e. The fourth-order valence-corrected chi connectivity index (χ4v) is 5.28. The van der Waals surface area contributed by atoms with Crippen LogP contribution in [0.15, 0.2) is 35.7 Å². The summed E-state index contributed by atoms with van der Waals surface area (Å²) in [5.41, 5.74) is 1.07. The first-order valence-corrected chi connectivity index (χ1v) is 12.3. The molecular weight excluding hydrogens is 445 g/mol. The molecule has 0 aliphatic carbocycles. The van der Waals surface area contributed by atoms with Gasteiger partial charge in [-0.3, -0.25) is 4.79 Å². The average Bonchev–Trinajstić information content (AvgIpc) is 3.50. The fourth-order valence-electron chi connectivity index (χ4n) is 4.35. The quantitative estimate of drug-likeness (QED) is 0.633. The molecular formula is C24H30FN3O4S. The maximum Gasteiger partial charge on any atom is 0.317 e. The Morgan fingerprint density at radius 3 is 2.85 bits per heavy atom. The lowest BCUT2D eigenvalue weighted by Gasteiger charge is -2.37. The molecule has 2 atom stereocenters. The van der Waals surface area contributed by atoms with Crippen LogP contribution in [0.25, 0.3) is 0 Å². The summed E-state index contributed by atoms with van der Waals surface area (Å²) in [7, 11) is 0. The Morgan fingerprint density at radius 2 is 2.12 bits per heavy atom. The number of nitrogens with zero attached hydrogens (tertiary/aromatic N) is 2. The summed E-state index contributed by atoms with van der Waals surface area (Å²) in [5, 5.41) is 4.84. The van der Waals surface area contributed by atoms with Crippen LogP contribution in [-0.2, 0) is 16.0 Å². The number of amides is 3. The van der Waals surface area contributed by atoms with E-state index in [9.17, 15) is 14.0 Å². The van der Waals surface area contributed by atoms with Gasteiger partial charge in [0.15, 0.2) is 0 Å². The van der Waals surface area contributed by atoms with Crippen LogP contribution >= 0.6 is 11.3 Å². The van der Waals surface area contributed by atoms with Crippen molar-refractivity contribution >= 4 is 23.3 Å². The molecule has 3 amide bonds. The fraction of sp³-hybridized carbons (Fsp3) is 0.500. The molecule has 1 saturated heterocycles. The van der Waals surface area contributed by atoms with Crippen LogP contribution < -0.4 is 10.1 Å². The first-order chi connectivity index (χ1) is 16.0. The van der Waals surface area contributed by atoms with E-state index in [1.807, 2.05) is 18.4 Å². The molecule has 2 aromatic rings. The second-order valence-electron chi connectivity index (χ2n) is 8.27. The molecule has 2 aliphatic heterocycles. The minimum absolute atomic E-state index is 0.0157. The Kier molecular flexibility index (Phi) is 7.82. The number of carbonyl (C=O) groups is 2. The number of fused-ring (bicyclic) bond motifs is 1. The highest BCUT2D eigenvalue weighted by Crippen LogP contribution is 2.34. The van der Waals surface area contributed by atoms with E-state index in [4.69, 9.17) is 9.47 Å². The summed E-state index contributed by atoms with van der Waals surface area (Å²) in [6.07, 6.45) is 2.60. The zero-order valence-corrected chi connectivity index (χ0v) is 19.6. The monoisotopic (exact) mass is 475 g/mol. The van der Waals surface area contributed by atoms with E-state index < -0.39 is 0 Å². The average molecular weight is 476 g/mol. The van der Waals surface area contributed by atoms with E-state index in [1.165, 1.54) is 17.0 Å². The van der Waals surface area contributed by atoms with Crippen LogP contribution in [0.5, 0.6) is 5.75 Å². The zero-order chi connectivity index (χ0) is 23.2. The molecule has 1 N–H and O–H groups in total. The molecule has 0 bridgehead atoms. The minimum atomic E-state index is -0.325. The van der Waals surface area contributed by atoms with Gasteiger partial charge in [0.05, 0.1) is 12.1 Å². The number of urea groups is 1. The molecule has 1 fully saturated rings. The second-order valence-corrected chi connectivity index (χ2v) is 9.27. The van der Waals surface area contributed by atoms with Gasteiger partial charge >= 0.3 is 6.03 Å². The Balaban J connectivity index is 1.48. The van der Waals surface area contributed by atoms with Gasteiger partial charge in [0.25, 0.3) is 0 Å². The van der Waals surface area contributed by atoms with Crippen molar-refractivity contribution in [1.82, 2.24) is 15.1 Å². The van der Waals surface area contributed by atoms with Crippen LogP contribution in [0.1, 0.15) is 36.2 Å². The highest BCUT2D eigenvalue weighted by Gasteiger charge is 2.34. The van der Waals surface area contributed by atoms with Gasteiger partial charge in [-0.25, -0.2) is 9.18 Å². The van der Waals surface area contributed by atoms with Crippen LogP contribution in [0.4, 0.5) is 9.18 Å². The van der Waals surface area contributed by atoms with Crippen LogP contribution in [-0.4, -0.2) is 67.2 Å². The van der Waals surface area contributed by atoms with Gasteiger partial charge in [-0.05, 0) is 67.5 Å². The molecule has 9 heteroatoms. The normalized spacial score (nSPS) is 19.8. The van der Waals surface area contributed by atoms with Gasteiger partial charge < -0.3 is 24.6 Å². The number of carbonyl (C=O) groups excluding carboxylic acids is 2. The number of nitrogens with one attached hydrogen (secondary N) is 1. The molecule has 33 heavy (non-hydrogen) atoms. The highest BCUT2D eigenvalue weighted by atomic mass is 32.1. The molecule has 4 rings (SSSR count). The van der Waals surface area contributed by atoms with Gasteiger partial charge in [0.1, 0.15) is 24.7 Å². The Morgan fingerprint density at radius 1 is 1.30 bits per heavy atom. The van der Waals surface area contributed by atoms with Gasteiger partial charge in [-0.1, -0.05) is 0 Å². The molecule has 0 spiro atoms. The van der Waals surface area contributed by atoms with E-state index >= 15 is 0 Å². The summed E-state index contributed by atoms with van der Waals surface area (Å²) in [5.74, 6) is 0.103. The number of benzene rings is 1. The molecule has 7 nitrogen and oxygen atoms in total. The summed E-state index contributed by atoms with van der Waals surface area (Å²) >= 11 is 1.68. The molecule has 0 unspecified atom stereocenters.